The van der Waals surface area contributed by atoms with Crippen molar-refractivity contribution in [2.75, 3.05) is 43.4 Å². The molecule has 0 saturated carbocycles. The Morgan fingerprint density at radius 2 is 2.13 bits per heavy atom. The first kappa shape index (κ1) is 15.3. The summed E-state index contributed by atoms with van der Waals surface area (Å²) in [4.78, 5) is 28.6. The quantitative estimate of drug-likeness (QED) is 0.891. The topological polar surface area (TPSA) is 97.5 Å². The van der Waals surface area contributed by atoms with Crippen LogP contribution in [0, 0.1) is 0 Å². The minimum absolute atomic E-state index is 0.253. The van der Waals surface area contributed by atoms with Gasteiger partial charge in [0, 0.05) is 26.2 Å². The molecule has 1 aliphatic rings. The van der Waals surface area contributed by atoms with E-state index >= 15 is 0 Å². The lowest BCUT2D eigenvalue weighted by Crippen LogP contribution is -2.35. The van der Waals surface area contributed by atoms with Crippen LogP contribution in [0.1, 0.15) is 13.3 Å². The van der Waals surface area contributed by atoms with Crippen LogP contribution in [-0.2, 0) is 4.74 Å². The van der Waals surface area contributed by atoms with Crippen molar-refractivity contribution < 1.29 is 9.53 Å². The molecule has 1 saturated heterocycles. The summed E-state index contributed by atoms with van der Waals surface area (Å²) in [6, 6.07) is 3.64. The number of anilines is 2. The maximum absolute atomic E-state index is 11.9. The average molecular weight is 316 g/mol. The summed E-state index contributed by atoms with van der Waals surface area (Å²) in [5.74, 6) is 1.26. The van der Waals surface area contributed by atoms with Crippen molar-refractivity contribution in [1.82, 2.24) is 19.9 Å². The largest absolute Gasteiger partial charge is 0.450 e. The predicted molar refractivity (Wildman–Crippen MR) is 87.2 cm³/mol. The van der Waals surface area contributed by atoms with E-state index in [4.69, 9.17) is 10.5 Å². The Hall–Kier alpha value is -2.64. The van der Waals surface area contributed by atoms with Gasteiger partial charge in [0.25, 0.3) is 0 Å². The van der Waals surface area contributed by atoms with Crippen molar-refractivity contribution in [3.63, 3.8) is 0 Å². The molecule has 1 fully saturated rings. The Morgan fingerprint density at radius 3 is 2.96 bits per heavy atom. The van der Waals surface area contributed by atoms with Crippen molar-refractivity contribution in [2.24, 2.45) is 0 Å². The second-order valence-corrected chi connectivity index (χ2v) is 5.33. The summed E-state index contributed by atoms with van der Waals surface area (Å²) < 4.78 is 5.08. The number of fused-ring (bicyclic) bond motifs is 1. The van der Waals surface area contributed by atoms with Crippen LogP contribution in [0.15, 0.2) is 18.5 Å². The maximum Gasteiger partial charge on any atom is 0.409 e. The number of rotatable bonds is 2. The Bertz CT molecular complexity index is 707. The summed E-state index contributed by atoms with van der Waals surface area (Å²) in [5, 5.41) is 0.867. The van der Waals surface area contributed by atoms with E-state index in [-0.39, 0.29) is 6.09 Å². The third-order valence-electron chi connectivity index (χ3n) is 3.82. The van der Waals surface area contributed by atoms with Gasteiger partial charge in [-0.2, -0.15) is 0 Å². The zero-order valence-electron chi connectivity index (χ0n) is 13.1. The minimum Gasteiger partial charge on any atom is -0.450 e. The SMILES string of the molecule is CCOC(=O)N1CCCN(c2ncnc3nc(N)ccc23)CC1. The number of nitrogens with zero attached hydrogens (tertiary/aromatic N) is 5. The summed E-state index contributed by atoms with van der Waals surface area (Å²) in [6.07, 6.45) is 2.10. The van der Waals surface area contributed by atoms with Crippen LogP contribution >= 0.6 is 0 Å². The Kier molecular flexibility index (Phi) is 4.40. The van der Waals surface area contributed by atoms with Crippen LogP contribution in [0.2, 0.25) is 0 Å². The molecule has 2 aromatic heterocycles. The van der Waals surface area contributed by atoms with E-state index < -0.39 is 0 Å². The number of carbonyl (C=O) groups is 1. The van der Waals surface area contributed by atoms with Crippen LogP contribution in [0.5, 0.6) is 0 Å². The predicted octanol–water partition coefficient (Wildman–Crippen LogP) is 1.28. The van der Waals surface area contributed by atoms with E-state index in [0.717, 1.165) is 24.2 Å². The van der Waals surface area contributed by atoms with E-state index in [9.17, 15) is 4.79 Å². The lowest BCUT2D eigenvalue weighted by atomic mass is 10.2. The molecule has 8 nitrogen and oxygen atoms in total. The number of pyridine rings is 1. The average Bonchev–Trinajstić information content (AvgIpc) is 2.80. The highest BCUT2D eigenvalue weighted by Crippen LogP contribution is 2.23. The van der Waals surface area contributed by atoms with Gasteiger partial charge in [0.15, 0.2) is 5.65 Å². The van der Waals surface area contributed by atoms with Gasteiger partial charge in [-0.15, -0.1) is 0 Å². The first-order chi connectivity index (χ1) is 11.2. The van der Waals surface area contributed by atoms with Gasteiger partial charge < -0.3 is 20.3 Å². The van der Waals surface area contributed by atoms with Crippen LogP contribution in [-0.4, -0.2) is 58.7 Å². The third kappa shape index (κ3) is 3.25. The van der Waals surface area contributed by atoms with Gasteiger partial charge in [-0.25, -0.2) is 19.7 Å². The first-order valence-electron chi connectivity index (χ1n) is 7.73. The fraction of sp³-hybridized carbons (Fsp3) is 0.467. The van der Waals surface area contributed by atoms with Crippen LogP contribution in [0.3, 0.4) is 0 Å². The molecule has 0 spiro atoms. The van der Waals surface area contributed by atoms with Crippen molar-refractivity contribution >= 4 is 28.8 Å². The molecular weight excluding hydrogens is 296 g/mol. The van der Waals surface area contributed by atoms with Crippen molar-refractivity contribution in [3.05, 3.63) is 18.5 Å². The van der Waals surface area contributed by atoms with Gasteiger partial charge in [0.05, 0.1) is 12.0 Å². The molecule has 0 unspecified atom stereocenters. The number of nitrogens with two attached hydrogens (primary N) is 1. The molecule has 0 bridgehead atoms. The molecule has 122 valence electrons. The number of ether oxygens (including phenoxy) is 1. The number of nitrogen functional groups attached to an aromatic ring is 1. The lowest BCUT2D eigenvalue weighted by Gasteiger charge is -2.23. The monoisotopic (exact) mass is 316 g/mol. The third-order valence-corrected chi connectivity index (χ3v) is 3.82. The van der Waals surface area contributed by atoms with E-state index in [1.165, 1.54) is 6.33 Å². The maximum atomic E-state index is 11.9. The molecule has 0 aliphatic carbocycles. The molecule has 23 heavy (non-hydrogen) atoms. The first-order valence-corrected chi connectivity index (χ1v) is 7.73. The van der Waals surface area contributed by atoms with E-state index in [2.05, 4.69) is 19.9 Å². The second-order valence-electron chi connectivity index (χ2n) is 5.33. The highest BCUT2D eigenvalue weighted by atomic mass is 16.6. The van der Waals surface area contributed by atoms with E-state index in [1.807, 2.05) is 13.0 Å². The molecule has 1 amide bonds. The lowest BCUT2D eigenvalue weighted by molar-refractivity contribution is 0.110. The van der Waals surface area contributed by atoms with Gasteiger partial charge in [-0.05, 0) is 25.5 Å². The van der Waals surface area contributed by atoms with E-state index in [0.29, 0.717) is 37.7 Å². The smallest absolute Gasteiger partial charge is 0.409 e. The summed E-state index contributed by atoms with van der Waals surface area (Å²) >= 11 is 0. The normalized spacial score (nSPS) is 15.5. The molecule has 3 heterocycles. The second kappa shape index (κ2) is 6.64. The van der Waals surface area contributed by atoms with Crippen molar-refractivity contribution in [1.29, 1.82) is 0 Å². The van der Waals surface area contributed by atoms with Gasteiger partial charge in [0.2, 0.25) is 0 Å². The van der Waals surface area contributed by atoms with Crippen molar-refractivity contribution in [2.45, 2.75) is 13.3 Å². The van der Waals surface area contributed by atoms with Gasteiger partial charge in [-0.3, -0.25) is 0 Å². The molecular formula is C15H20N6O2. The highest BCUT2D eigenvalue weighted by Gasteiger charge is 2.21. The Balaban J connectivity index is 1.81. The molecule has 3 rings (SSSR count). The molecule has 1 aliphatic heterocycles. The zero-order chi connectivity index (χ0) is 16.2. The fourth-order valence-corrected chi connectivity index (χ4v) is 2.72. The summed E-state index contributed by atoms with van der Waals surface area (Å²) in [7, 11) is 0. The molecule has 0 atom stereocenters. The van der Waals surface area contributed by atoms with Gasteiger partial charge >= 0.3 is 6.09 Å². The van der Waals surface area contributed by atoms with Crippen LogP contribution in [0.25, 0.3) is 11.0 Å². The summed E-state index contributed by atoms with van der Waals surface area (Å²) in [5.41, 5.74) is 6.30. The van der Waals surface area contributed by atoms with E-state index in [1.54, 1.807) is 11.0 Å². The van der Waals surface area contributed by atoms with Gasteiger partial charge in [-0.1, -0.05) is 0 Å². The number of amides is 1. The molecule has 8 heteroatoms. The molecule has 0 radical (unpaired) electrons. The Morgan fingerprint density at radius 1 is 1.26 bits per heavy atom. The number of aromatic nitrogens is 3. The molecule has 0 aromatic carbocycles. The minimum atomic E-state index is -0.253. The van der Waals surface area contributed by atoms with Crippen LogP contribution in [0.4, 0.5) is 16.4 Å². The van der Waals surface area contributed by atoms with Gasteiger partial charge in [0.1, 0.15) is 18.0 Å². The number of hydrogen-bond acceptors (Lipinski definition) is 7. The molecule has 2 aromatic rings. The standard InChI is InChI=1S/C15H20N6O2/c1-2-23-15(22)21-7-3-6-20(8-9-21)14-11-4-5-12(16)19-13(11)17-10-18-14/h4-5,10H,2-3,6-9H2,1H3,(H2,16,17,18,19). The van der Waals surface area contributed by atoms with Crippen molar-refractivity contribution in [3.8, 4) is 0 Å². The number of hydrogen-bond donors (Lipinski definition) is 1. The molecule has 2 N–H and O–H groups in total. The Labute approximate surface area is 134 Å². The highest BCUT2D eigenvalue weighted by molar-refractivity contribution is 5.87. The fourth-order valence-electron chi connectivity index (χ4n) is 2.72. The number of carbonyl (C=O) groups excluding carboxylic acids is 1. The van der Waals surface area contributed by atoms with Crippen LogP contribution < -0.4 is 10.6 Å². The summed E-state index contributed by atoms with van der Waals surface area (Å²) in [6.45, 7) is 4.99. The zero-order valence-corrected chi connectivity index (χ0v) is 13.1.